The van der Waals surface area contributed by atoms with Crippen LogP contribution in [0.2, 0.25) is 0 Å². The van der Waals surface area contributed by atoms with Gasteiger partial charge in [0.15, 0.2) is 0 Å². The maximum Gasteiger partial charge on any atom is 0.0712 e. The number of hydrogen-bond donors (Lipinski definition) is 2. The molecule has 0 aliphatic carbocycles. The van der Waals surface area contributed by atoms with Crippen molar-refractivity contribution in [3.05, 3.63) is 70.3 Å². The summed E-state index contributed by atoms with van der Waals surface area (Å²) in [4.78, 5) is 0. The molecule has 0 radical (unpaired) electrons. The number of hydrazine groups is 1. The summed E-state index contributed by atoms with van der Waals surface area (Å²) in [6.45, 7) is 6.41. The molecule has 0 saturated carbocycles. The van der Waals surface area contributed by atoms with Crippen molar-refractivity contribution >= 4 is 0 Å². The van der Waals surface area contributed by atoms with Gasteiger partial charge < -0.3 is 0 Å². The first-order valence-corrected chi connectivity index (χ1v) is 6.22. The zero-order chi connectivity index (χ0) is 13.1. The van der Waals surface area contributed by atoms with Crippen LogP contribution in [0.3, 0.4) is 0 Å². The van der Waals surface area contributed by atoms with E-state index < -0.39 is 0 Å². The predicted octanol–water partition coefficient (Wildman–Crippen LogP) is 3.16. The average molecular weight is 240 g/mol. The van der Waals surface area contributed by atoms with Crippen molar-refractivity contribution in [2.75, 3.05) is 0 Å². The van der Waals surface area contributed by atoms with E-state index in [0.717, 1.165) is 0 Å². The second kappa shape index (κ2) is 5.34. The van der Waals surface area contributed by atoms with Gasteiger partial charge in [-0.3, -0.25) is 5.84 Å². The van der Waals surface area contributed by atoms with Crippen LogP contribution >= 0.6 is 0 Å². The lowest BCUT2D eigenvalue weighted by Crippen LogP contribution is -2.29. The molecular weight excluding hydrogens is 220 g/mol. The number of hydrogen-bond acceptors (Lipinski definition) is 2. The normalized spacial score (nSPS) is 12.4. The molecule has 2 aromatic rings. The molecule has 0 aliphatic rings. The van der Waals surface area contributed by atoms with Gasteiger partial charge in [-0.15, -0.1) is 0 Å². The van der Waals surface area contributed by atoms with Crippen molar-refractivity contribution in [3.8, 4) is 0 Å². The Morgan fingerprint density at radius 1 is 0.889 bits per heavy atom. The minimum atomic E-state index is 0.0468. The van der Waals surface area contributed by atoms with Crippen LogP contribution in [0.15, 0.2) is 42.5 Å². The molecule has 0 spiro atoms. The lowest BCUT2D eigenvalue weighted by molar-refractivity contribution is 0.633. The smallest absolute Gasteiger partial charge is 0.0712 e. The van der Waals surface area contributed by atoms with Gasteiger partial charge in [0, 0.05) is 0 Å². The van der Waals surface area contributed by atoms with Gasteiger partial charge in [-0.1, -0.05) is 42.5 Å². The van der Waals surface area contributed by atoms with Crippen LogP contribution in [0.25, 0.3) is 0 Å². The molecule has 1 unspecified atom stereocenters. The molecule has 0 heterocycles. The average Bonchev–Trinajstić information content (AvgIpc) is 2.38. The second-order valence-electron chi connectivity index (χ2n) is 4.80. The van der Waals surface area contributed by atoms with Crippen LogP contribution in [-0.2, 0) is 0 Å². The van der Waals surface area contributed by atoms with Crippen LogP contribution in [0.5, 0.6) is 0 Å². The summed E-state index contributed by atoms with van der Waals surface area (Å²) in [5.41, 5.74) is 9.24. The molecule has 2 nitrogen and oxygen atoms in total. The van der Waals surface area contributed by atoms with E-state index in [0.29, 0.717) is 0 Å². The molecule has 2 rings (SSSR count). The third kappa shape index (κ3) is 2.45. The molecule has 2 heteroatoms. The van der Waals surface area contributed by atoms with E-state index in [1.807, 2.05) is 18.2 Å². The molecular formula is C16H20N2. The summed E-state index contributed by atoms with van der Waals surface area (Å²) in [5, 5.41) is 0. The van der Waals surface area contributed by atoms with E-state index in [4.69, 9.17) is 5.84 Å². The monoisotopic (exact) mass is 240 g/mol. The van der Waals surface area contributed by atoms with Crippen LogP contribution in [0, 0.1) is 20.8 Å². The topological polar surface area (TPSA) is 38.0 Å². The summed E-state index contributed by atoms with van der Waals surface area (Å²) in [5.74, 6) is 5.74. The molecule has 0 amide bonds. The van der Waals surface area contributed by atoms with E-state index >= 15 is 0 Å². The number of nitrogens with two attached hydrogens (primary N) is 1. The zero-order valence-corrected chi connectivity index (χ0v) is 11.2. The Labute approximate surface area is 109 Å². The first-order chi connectivity index (χ1) is 8.63. The highest BCUT2D eigenvalue weighted by molar-refractivity contribution is 5.42. The number of nitrogens with one attached hydrogen (secondary N) is 1. The van der Waals surface area contributed by atoms with E-state index in [9.17, 15) is 0 Å². The third-order valence-electron chi connectivity index (χ3n) is 3.49. The van der Waals surface area contributed by atoms with Crippen molar-refractivity contribution < 1.29 is 0 Å². The van der Waals surface area contributed by atoms with Gasteiger partial charge in [-0.25, -0.2) is 5.43 Å². The van der Waals surface area contributed by atoms with Gasteiger partial charge in [0.05, 0.1) is 6.04 Å². The van der Waals surface area contributed by atoms with Crippen molar-refractivity contribution in [3.63, 3.8) is 0 Å². The summed E-state index contributed by atoms with van der Waals surface area (Å²) in [6, 6.07) is 14.8. The van der Waals surface area contributed by atoms with Crippen LogP contribution in [0.1, 0.15) is 33.9 Å². The number of aryl methyl sites for hydroxylation is 3. The zero-order valence-electron chi connectivity index (χ0n) is 11.2. The SMILES string of the molecule is Cc1cc(C)c(C(NN)c2ccccc2)cc1C. The van der Waals surface area contributed by atoms with Crippen LogP contribution < -0.4 is 11.3 Å². The second-order valence-corrected chi connectivity index (χ2v) is 4.80. The standard InChI is InChI=1S/C16H20N2/c1-11-9-13(3)15(10-12(11)2)16(18-17)14-7-5-4-6-8-14/h4-10,16,18H,17H2,1-3H3. The Morgan fingerprint density at radius 3 is 2.11 bits per heavy atom. The molecule has 0 aliphatic heterocycles. The highest BCUT2D eigenvalue weighted by Gasteiger charge is 2.15. The molecule has 3 N–H and O–H groups in total. The predicted molar refractivity (Wildman–Crippen MR) is 76.3 cm³/mol. The molecule has 1 atom stereocenters. The Hall–Kier alpha value is -1.64. The van der Waals surface area contributed by atoms with Crippen molar-refractivity contribution in [1.29, 1.82) is 0 Å². The lowest BCUT2D eigenvalue weighted by Gasteiger charge is -2.20. The van der Waals surface area contributed by atoms with Gasteiger partial charge in [0.1, 0.15) is 0 Å². The molecule has 0 fully saturated rings. The van der Waals surface area contributed by atoms with E-state index in [-0.39, 0.29) is 6.04 Å². The minimum Gasteiger partial charge on any atom is -0.271 e. The number of rotatable bonds is 3. The maximum atomic E-state index is 5.74. The fourth-order valence-electron chi connectivity index (χ4n) is 2.30. The first kappa shape index (κ1) is 12.8. The van der Waals surface area contributed by atoms with Crippen molar-refractivity contribution in [2.45, 2.75) is 26.8 Å². The molecule has 0 bridgehead atoms. The van der Waals surface area contributed by atoms with Gasteiger partial charge >= 0.3 is 0 Å². The van der Waals surface area contributed by atoms with Crippen LogP contribution in [0.4, 0.5) is 0 Å². The Bertz CT molecular complexity index is 532. The Balaban J connectivity index is 2.49. The maximum absolute atomic E-state index is 5.74. The summed E-state index contributed by atoms with van der Waals surface area (Å²) < 4.78 is 0. The van der Waals surface area contributed by atoms with Crippen molar-refractivity contribution in [1.82, 2.24) is 5.43 Å². The third-order valence-corrected chi connectivity index (χ3v) is 3.49. The van der Waals surface area contributed by atoms with Gasteiger partial charge in [0.25, 0.3) is 0 Å². The Kier molecular flexibility index (Phi) is 3.80. The fraction of sp³-hybridized carbons (Fsp3) is 0.250. The largest absolute Gasteiger partial charge is 0.271 e. The van der Waals surface area contributed by atoms with Crippen molar-refractivity contribution in [2.24, 2.45) is 5.84 Å². The highest BCUT2D eigenvalue weighted by atomic mass is 15.2. The lowest BCUT2D eigenvalue weighted by atomic mass is 9.92. The summed E-state index contributed by atoms with van der Waals surface area (Å²) in [7, 11) is 0. The van der Waals surface area contributed by atoms with Gasteiger partial charge in [-0.2, -0.15) is 0 Å². The molecule has 0 saturated heterocycles. The molecule has 18 heavy (non-hydrogen) atoms. The first-order valence-electron chi connectivity index (χ1n) is 6.22. The molecule has 94 valence electrons. The van der Waals surface area contributed by atoms with E-state index in [1.165, 1.54) is 27.8 Å². The number of benzene rings is 2. The summed E-state index contributed by atoms with van der Waals surface area (Å²) >= 11 is 0. The summed E-state index contributed by atoms with van der Waals surface area (Å²) in [6.07, 6.45) is 0. The Morgan fingerprint density at radius 2 is 1.50 bits per heavy atom. The molecule has 2 aromatic carbocycles. The quantitative estimate of drug-likeness (QED) is 0.639. The molecule has 0 aromatic heterocycles. The van der Waals surface area contributed by atoms with Crippen LogP contribution in [-0.4, -0.2) is 0 Å². The highest BCUT2D eigenvalue weighted by Crippen LogP contribution is 2.26. The fourth-order valence-corrected chi connectivity index (χ4v) is 2.30. The van der Waals surface area contributed by atoms with Gasteiger partial charge in [-0.05, 0) is 48.6 Å². The minimum absolute atomic E-state index is 0.0468. The van der Waals surface area contributed by atoms with E-state index in [1.54, 1.807) is 0 Å². The van der Waals surface area contributed by atoms with E-state index in [2.05, 4.69) is 50.5 Å². The van der Waals surface area contributed by atoms with Gasteiger partial charge in [0.2, 0.25) is 0 Å².